The molecule has 0 amide bonds. The molecule has 0 saturated heterocycles. The third-order valence-corrected chi connectivity index (χ3v) is 3.38. The van der Waals surface area contributed by atoms with Crippen molar-refractivity contribution in [3.8, 4) is 0 Å². The van der Waals surface area contributed by atoms with Gasteiger partial charge in [0.1, 0.15) is 11.6 Å². The molecule has 2 aromatic heterocycles. The first-order valence-electron chi connectivity index (χ1n) is 6.29. The van der Waals surface area contributed by atoms with E-state index in [1.165, 1.54) is 0 Å². The van der Waals surface area contributed by atoms with Gasteiger partial charge in [-0.2, -0.15) is 0 Å². The second kappa shape index (κ2) is 5.43. The zero-order valence-electron chi connectivity index (χ0n) is 11.0. The number of hydrogen-bond donors (Lipinski definition) is 1. The Hall–Kier alpha value is -2.20. The van der Waals surface area contributed by atoms with Crippen LogP contribution in [0, 0.1) is 6.92 Å². The Bertz CT molecular complexity index is 758. The molecule has 0 aliphatic carbocycles. The minimum atomic E-state index is 0.619. The number of pyridine rings is 1. The average molecular weight is 285 g/mol. The van der Waals surface area contributed by atoms with Crippen LogP contribution in [0.4, 0.5) is 5.82 Å². The highest BCUT2D eigenvalue weighted by atomic mass is 35.5. The predicted octanol–water partition coefficient (Wildman–Crippen LogP) is 3.60. The van der Waals surface area contributed by atoms with Crippen molar-refractivity contribution in [1.82, 2.24) is 15.0 Å². The van der Waals surface area contributed by atoms with Crippen molar-refractivity contribution in [3.63, 3.8) is 0 Å². The van der Waals surface area contributed by atoms with Gasteiger partial charge in [0.15, 0.2) is 0 Å². The van der Waals surface area contributed by atoms with Crippen LogP contribution in [-0.4, -0.2) is 15.0 Å². The van der Waals surface area contributed by atoms with Crippen LogP contribution in [0.15, 0.2) is 42.7 Å². The number of rotatable bonds is 3. The molecule has 1 aromatic carbocycles. The van der Waals surface area contributed by atoms with Gasteiger partial charge >= 0.3 is 0 Å². The van der Waals surface area contributed by atoms with Crippen molar-refractivity contribution in [2.75, 3.05) is 5.32 Å². The zero-order chi connectivity index (χ0) is 13.9. The molecule has 0 atom stereocenters. The summed E-state index contributed by atoms with van der Waals surface area (Å²) in [5.41, 5.74) is 1.87. The summed E-state index contributed by atoms with van der Waals surface area (Å²) in [5.74, 6) is 1.52. The smallest absolute Gasteiger partial charge is 0.138 e. The largest absolute Gasteiger partial charge is 0.365 e. The van der Waals surface area contributed by atoms with Gasteiger partial charge in [-0.15, -0.1) is 0 Å². The van der Waals surface area contributed by atoms with Crippen LogP contribution in [0.5, 0.6) is 0 Å². The molecule has 0 aliphatic heterocycles. The molecular formula is C15H13ClN4. The highest BCUT2D eigenvalue weighted by molar-refractivity contribution is 6.31. The molecular weight excluding hydrogens is 272 g/mol. The molecule has 0 bridgehead atoms. The van der Waals surface area contributed by atoms with E-state index in [1.54, 1.807) is 12.4 Å². The van der Waals surface area contributed by atoms with Crippen LogP contribution in [0.1, 0.15) is 11.4 Å². The van der Waals surface area contributed by atoms with Crippen molar-refractivity contribution < 1.29 is 0 Å². The Balaban J connectivity index is 1.93. The number of anilines is 1. The van der Waals surface area contributed by atoms with Crippen molar-refractivity contribution in [2.24, 2.45) is 0 Å². The van der Waals surface area contributed by atoms with E-state index in [0.717, 1.165) is 27.3 Å². The molecule has 4 nitrogen and oxygen atoms in total. The first kappa shape index (κ1) is 12.8. The highest BCUT2D eigenvalue weighted by Crippen LogP contribution is 2.21. The number of halogens is 1. The van der Waals surface area contributed by atoms with Gasteiger partial charge < -0.3 is 5.32 Å². The standard InChI is InChI=1S/C15H13ClN4/c1-10-19-14-9-17-7-6-12(14)15(20-10)18-8-11-4-2-3-5-13(11)16/h2-7,9H,8H2,1H3,(H,18,19,20). The molecule has 0 unspecified atom stereocenters. The van der Waals surface area contributed by atoms with Crippen LogP contribution >= 0.6 is 11.6 Å². The SMILES string of the molecule is Cc1nc(NCc2ccccc2Cl)c2ccncc2n1. The van der Waals surface area contributed by atoms with Crippen molar-refractivity contribution in [2.45, 2.75) is 13.5 Å². The molecule has 0 saturated carbocycles. The lowest BCUT2D eigenvalue weighted by atomic mass is 10.2. The van der Waals surface area contributed by atoms with Crippen molar-refractivity contribution in [1.29, 1.82) is 0 Å². The third kappa shape index (κ3) is 2.56. The summed E-state index contributed by atoms with van der Waals surface area (Å²) in [5, 5.41) is 5.03. The summed E-state index contributed by atoms with van der Waals surface area (Å²) in [4.78, 5) is 12.9. The fraction of sp³-hybridized carbons (Fsp3) is 0.133. The Labute approximate surface area is 121 Å². The van der Waals surface area contributed by atoms with Gasteiger partial charge in [-0.25, -0.2) is 9.97 Å². The van der Waals surface area contributed by atoms with Gasteiger partial charge in [0.25, 0.3) is 0 Å². The number of fused-ring (bicyclic) bond motifs is 1. The van der Waals surface area contributed by atoms with E-state index >= 15 is 0 Å². The van der Waals surface area contributed by atoms with E-state index in [4.69, 9.17) is 11.6 Å². The number of hydrogen-bond acceptors (Lipinski definition) is 4. The van der Waals surface area contributed by atoms with E-state index in [1.807, 2.05) is 37.3 Å². The predicted molar refractivity (Wildman–Crippen MR) is 80.8 cm³/mol. The van der Waals surface area contributed by atoms with E-state index in [2.05, 4.69) is 20.3 Å². The summed E-state index contributed by atoms with van der Waals surface area (Å²) >= 11 is 6.16. The maximum atomic E-state index is 6.16. The van der Waals surface area contributed by atoms with E-state index in [0.29, 0.717) is 12.4 Å². The molecule has 0 radical (unpaired) electrons. The second-order valence-corrected chi connectivity index (χ2v) is 4.86. The average Bonchev–Trinajstić information content (AvgIpc) is 2.46. The van der Waals surface area contributed by atoms with Gasteiger partial charge in [-0.1, -0.05) is 29.8 Å². The summed E-state index contributed by atoms with van der Waals surface area (Å²) in [6.07, 6.45) is 3.48. The number of nitrogens with zero attached hydrogens (tertiary/aromatic N) is 3. The Morgan fingerprint density at radius 1 is 1.15 bits per heavy atom. The van der Waals surface area contributed by atoms with Crippen molar-refractivity contribution in [3.05, 3.63) is 59.1 Å². The zero-order valence-corrected chi connectivity index (χ0v) is 11.7. The highest BCUT2D eigenvalue weighted by Gasteiger charge is 2.06. The van der Waals surface area contributed by atoms with Gasteiger partial charge in [-0.3, -0.25) is 4.98 Å². The fourth-order valence-electron chi connectivity index (χ4n) is 2.05. The molecule has 0 aliphatic rings. The molecule has 0 spiro atoms. The van der Waals surface area contributed by atoms with Crippen LogP contribution in [0.2, 0.25) is 5.02 Å². The van der Waals surface area contributed by atoms with Crippen LogP contribution in [-0.2, 0) is 6.54 Å². The topological polar surface area (TPSA) is 50.7 Å². The Kier molecular flexibility index (Phi) is 3.48. The summed E-state index contributed by atoms with van der Waals surface area (Å²) < 4.78 is 0. The molecule has 0 fully saturated rings. The fourth-order valence-corrected chi connectivity index (χ4v) is 2.25. The van der Waals surface area contributed by atoms with E-state index in [-0.39, 0.29) is 0 Å². The first-order chi connectivity index (χ1) is 9.74. The molecule has 3 rings (SSSR count). The number of aromatic nitrogens is 3. The molecule has 5 heteroatoms. The van der Waals surface area contributed by atoms with Crippen LogP contribution in [0.25, 0.3) is 10.9 Å². The lowest BCUT2D eigenvalue weighted by Crippen LogP contribution is -2.04. The van der Waals surface area contributed by atoms with Crippen LogP contribution < -0.4 is 5.32 Å². The van der Waals surface area contributed by atoms with Gasteiger partial charge in [0.2, 0.25) is 0 Å². The number of benzene rings is 1. The van der Waals surface area contributed by atoms with E-state index < -0.39 is 0 Å². The molecule has 100 valence electrons. The normalized spacial score (nSPS) is 10.7. The quantitative estimate of drug-likeness (QED) is 0.798. The van der Waals surface area contributed by atoms with E-state index in [9.17, 15) is 0 Å². The number of aryl methyl sites for hydroxylation is 1. The summed E-state index contributed by atoms with van der Waals surface area (Å²) in [6.45, 7) is 2.49. The summed E-state index contributed by atoms with van der Waals surface area (Å²) in [6, 6.07) is 9.67. The lowest BCUT2D eigenvalue weighted by molar-refractivity contribution is 1.05. The number of nitrogens with one attached hydrogen (secondary N) is 1. The van der Waals surface area contributed by atoms with Crippen LogP contribution in [0.3, 0.4) is 0 Å². The van der Waals surface area contributed by atoms with Gasteiger partial charge in [0.05, 0.1) is 11.7 Å². The second-order valence-electron chi connectivity index (χ2n) is 4.46. The van der Waals surface area contributed by atoms with Gasteiger partial charge in [0, 0.05) is 23.2 Å². The maximum Gasteiger partial charge on any atom is 0.138 e. The minimum Gasteiger partial charge on any atom is -0.365 e. The first-order valence-corrected chi connectivity index (χ1v) is 6.67. The Morgan fingerprint density at radius 3 is 2.85 bits per heavy atom. The monoisotopic (exact) mass is 284 g/mol. The maximum absolute atomic E-state index is 6.16. The molecule has 1 N–H and O–H groups in total. The third-order valence-electron chi connectivity index (χ3n) is 3.02. The van der Waals surface area contributed by atoms with Crippen molar-refractivity contribution >= 4 is 28.3 Å². The minimum absolute atomic E-state index is 0.619. The molecule has 2 heterocycles. The molecule has 20 heavy (non-hydrogen) atoms. The summed E-state index contributed by atoms with van der Waals surface area (Å²) in [7, 11) is 0. The molecule has 3 aromatic rings. The Morgan fingerprint density at radius 2 is 2.00 bits per heavy atom. The van der Waals surface area contributed by atoms with Gasteiger partial charge in [-0.05, 0) is 24.6 Å². The lowest BCUT2D eigenvalue weighted by Gasteiger charge is -2.10.